The average molecular weight is 642 g/mol. The summed E-state index contributed by atoms with van der Waals surface area (Å²) in [5.41, 5.74) is -3.61. The van der Waals surface area contributed by atoms with Crippen LogP contribution in [0.5, 0.6) is 17.2 Å². The van der Waals surface area contributed by atoms with Gasteiger partial charge in [0, 0.05) is 55.0 Å². The van der Waals surface area contributed by atoms with Crippen molar-refractivity contribution < 1.29 is 58.9 Å². The molecule has 0 saturated carbocycles. The maximum absolute atomic E-state index is 13.6. The number of hydrogen-bond donors (Lipinski definition) is 6. The number of rotatable bonds is 5. The topological polar surface area (TPSA) is 201 Å². The minimum atomic E-state index is -2.03. The van der Waals surface area contributed by atoms with Crippen LogP contribution in [0.4, 0.5) is 0 Å². The molecule has 13 nitrogen and oxygen atoms in total. The quantitative estimate of drug-likeness (QED) is 0.221. The SMILES string of the molecule is CC(=O)C1(O)Cc2c(O)c3c(c(O)c2C(OC2CC4NCC(C)OC(CC(C)O)OC4C(C)O2)C1)C(=O)c1c(O)cccc1C3=O. The number of ether oxygens (including phenoxy) is 4. The number of aliphatic hydroxyl groups is 2. The number of aromatic hydroxyl groups is 3. The highest BCUT2D eigenvalue weighted by atomic mass is 16.7. The Labute approximate surface area is 265 Å². The number of ketones is 3. The molecule has 2 saturated heterocycles. The molecule has 2 aromatic carbocycles. The van der Waals surface area contributed by atoms with Crippen LogP contribution in [0.15, 0.2) is 18.2 Å². The van der Waals surface area contributed by atoms with Gasteiger partial charge in [0.15, 0.2) is 24.1 Å². The predicted octanol–water partition coefficient (Wildman–Crippen LogP) is 1.90. The Morgan fingerprint density at radius 2 is 1.78 bits per heavy atom. The Kier molecular flexibility index (Phi) is 8.47. The zero-order valence-electron chi connectivity index (χ0n) is 26.0. The van der Waals surface area contributed by atoms with E-state index in [-0.39, 0.29) is 53.7 Å². The molecule has 2 aromatic rings. The molecule has 6 rings (SSSR count). The van der Waals surface area contributed by atoms with Crippen LogP contribution in [0.1, 0.15) is 96.0 Å². The van der Waals surface area contributed by atoms with Gasteiger partial charge in [-0.3, -0.25) is 14.4 Å². The second kappa shape index (κ2) is 12.0. The first-order chi connectivity index (χ1) is 21.7. The van der Waals surface area contributed by atoms with Gasteiger partial charge in [0.2, 0.25) is 5.78 Å². The molecule has 248 valence electrons. The van der Waals surface area contributed by atoms with Crippen molar-refractivity contribution in [1.29, 1.82) is 0 Å². The van der Waals surface area contributed by atoms with E-state index in [1.165, 1.54) is 25.1 Å². The van der Waals surface area contributed by atoms with Gasteiger partial charge in [-0.1, -0.05) is 12.1 Å². The molecular weight excluding hydrogens is 602 g/mol. The lowest BCUT2D eigenvalue weighted by molar-refractivity contribution is -0.293. The summed E-state index contributed by atoms with van der Waals surface area (Å²) in [6.07, 6.45) is -5.06. The molecule has 0 amide bonds. The molecule has 6 N–H and O–H groups in total. The monoisotopic (exact) mass is 641 g/mol. The normalized spacial score (nSPS) is 33.1. The molecule has 2 aliphatic heterocycles. The molecule has 0 aromatic heterocycles. The molecule has 2 aliphatic carbocycles. The maximum atomic E-state index is 13.6. The van der Waals surface area contributed by atoms with Crippen molar-refractivity contribution in [2.75, 3.05) is 6.54 Å². The number of carbonyl (C=O) groups is 3. The van der Waals surface area contributed by atoms with E-state index in [9.17, 15) is 39.9 Å². The van der Waals surface area contributed by atoms with Crippen molar-refractivity contribution in [2.45, 2.75) is 108 Å². The van der Waals surface area contributed by atoms with Gasteiger partial charge in [0.1, 0.15) is 29.0 Å². The lowest BCUT2D eigenvalue weighted by Crippen LogP contribution is -2.59. The van der Waals surface area contributed by atoms with Crippen molar-refractivity contribution in [2.24, 2.45) is 0 Å². The minimum absolute atomic E-state index is 0.0542. The number of nitrogens with one attached hydrogen (secondary N) is 1. The second-order valence-corrected chi connectivity index (χ2v) is 12.9. The Balaban J connectivity index is 1.37. The van der Waals surface area contributed by atoms with Crippen LogP contribution in [-0.2, 0) is 30.2 Å². The van der Waals surface area contributed by atoms with Crippen molar-refractivity contribution in [1.82, 2.24) is 5.32 Å². The van der Waals surface area contributed by atoms with Crippen molar-refractivity contribution in [3.05, 3.63) is 51.6 Å². The fourth-order valence-corrected chi connectivity index (χ4v) is 7.08. The van der Waals surface area contributed by atoms with E-state index in [4.69, 9.17) is 18.9 Å². The van der Waals surface area contributed by atoms with Gasteiger partial charge in [-0.05, 0) is 33.8 Å². The number of carbonyl (C=O) groups excluding carboxylic acids is 3. The molecule has 13 heteroatoms. The Morgan fingerprint density at radius 1 is 1.07 bits per heavy atom. The number of benzene rings is 2. The highest BCUT2D eigenvalue weighted by Gasteiger charge is 2.50. The molecule has 2 fully saturated rings. The lowest BCUT2D eigenvalue weighted by Gasteiger charge is -2.46. The van der Waals surface area contributed by atoms with Gasteiger partial charge < -0.3 is 49.8 Å². The summed E-state index contributed by atoms with van der Waals surface area (Å²) in [6.45, 7) is 6.98. The second-order valence-electron chi connectivity index (χ2n) is 12.9. The number of phenols is 3. The zero-order valence-corrected chi connectivity index (χ0v) is 26.0. The molecule has 0 radical (unpaired) electrons. The third-order valence-corrected chi connectivity index (χ3v) is 9.41. The van der Waals surface area contributed by atoms with Crippen LogP contribution >= 0.6 is 0 Å². The number of Topliss-reactive ketones (excluding diaryl/α,β-unsaturated/α-hetero) is 1. The van der Waals surface area contributed by atoms with Gasteiger partial charge in [-0.25, -0.2) is 0 Å². The van der Waals surface area contributed by atoms with Crippen molar-refractivity contribution >= 4 is 17.3 Å². The lowest BCUT2D eigenvalue weighted by atomic mass is 9.72. The summed E-state index contributed by atoms with van der Waals surface area (Å²) in [5.74, 6) is -4.05. The number of phenolic OH excluding ortho intramolecular Hbond substituents is 3. The first kappa shape index (κ1) is 32.5. The first-order valence-corrected chi connectivity index (χ1v) is 15.5. The van der Waals surface area contributed by atoms with E-state index in [2.05, 4.69) is 5.32 Å². The fourth-order valence-electron chi connectivity index (χ4n) is 7.08. The predicted molar refractivity (Wildman–Crippen MR) is 159 cm³/mol. The summed E-state index contributed by atoms with van der Waals surface area (Å²) in [5, 5.41) is 58.4. The fraction of sp³-hybridized carbons (Fsp3) is 0.545. The summed E-state index contributed by atoms with van der Waals surface area (Å²) < 4.78 is 24.7. The van der Waals surface area contributed by atoms with Gasteiger partial charge in [-0.2, -0.15) is 0 Å². The van der Waals surface area contributed by atoms with Gasteiger partial charge in [0.05, 0.1) is 41.1 Å². The number of hydrogen-bond acceptors (Lipinski definition) is 13. The molecular formula is C33H39NO12. The molecule has 2 heterocycles. The average Bonchev–Trinajstić information content (AvgIpc) is 2.96. The van der Waals surface area contributed by atoms with Crippen LogP contribution in [0, 0.1) is 0 Å². The summed E-state index contributed by atoms with van der Waals surface area (Å²) >= 11 is 0. The van der Waals surface area contributed by atoms with Crippen LogP contribution < -0.4 is 5.32 Å². The van der Waals surface area contributed by atoms with E-state index < -0.39 is 94.7 Å². The van der Waals surface area contributed by atoms with Crippen LogP contribution in [-0.4, -0.2) is 98.1 Å². The molecule has 0 spiro atoms. The van der Waals surface area contributed by atoms with Gasteiger partial charge in [0.25, 0.3) is 0 Å². The standard InChI is InChI=1S/C33H39NO12/c1-13(35)8-22-43-14(2)12-34-19-9-23(44-15(3)32(19)46-22)45-21-11-33(42,16(4)36)10-18-25(21)31(41)27-26(29(18)39)28(38)17-6-5-7-20(37)24(17)30(27)40/h5-7,13-15,19,21-23,32,34-35,37,39,41-42H,8-12H2,1-4H3. The van der Waals surface area contributed by atoms with Gasteiger partial charge in [-0.15, -0.1) is 0 Å². The first-order valence-electron chi connectivity index (χ1n) is 15.5. The summed E-state index contributed by atoms with van der Waals surface area (Å²) in [4.78, 5) is 39.9. The Hall–Kier alpha value is -3.43. The van der Waals surface area contributed by atoms with Crippen molar-refractivity contribution in [3.63, 3.8) is 0 Å². The summed E-state index contributed by atoms with van der Waals surface area (Å²) in [7, 11) is 0. The van der Waals surface area contributed by atoms with Crippen LogP contribution in [0.25, 0.3) is 0 Å². The molecule has 4 aliphatic rings. The van der Waals surface area contributed by atoms with Crippen LogP contribution in [0.2, 0.25) is 0 Å². The largest absolute Gasteiger partial charge is 0.507 e. The summed E-state index contributed by atoms with van der Waals surface area (Å²) in [6, 6.07) is 3.65. The minimum Gasteiger partial charge on any atom is -0.507 e. The number of fused-ring (bicyclic) bond motifs is 4. The molecule has 9 atom stereocenters. The van der Waals surface area contributed by atoms with E-state index in [0.29, 0.717) is 6.54 Å². The van der Waals surface area contributed by atoms with Gasteiger partial charge >= 0.3 is 0 Å². The maximum Gasteiger partial charge on any atom is 0.202 e. The molecule has 46 heavy (non-hydrogen) atoms. The third-order valence-electron chi connectivity index (χ3n) is 9.41. The molecule has 0 bridgehead atoms. The highest BCUT2D eigenvalue weighted by molar-refractivity contribution is 6.31. The van der Waals surface area contributed by atoms with E-state index >= 15 is 0 Å². The van der Waals surface area contributed by atoms with E-state index in [1.54, 1.807) is 13.8 Å². The van der Waals surface area contributed by atoms with E-state index in [0.717, 1.165) is 0 Å². The smallest absolute Gasteiger partial charge is 0.202 e. The number of aliphatic hydroxyl groups excluding tert-OH is 1. The Bertz CT molecular complexity index is 1590. The van der Waals surface area contributed by atoms with Crippen LogP contribution in [0.3, 0.4) is 0 Å². The van der Waals surface area contributed by atoms with E-state index in [1.807, 2.05) is 6.92 Å². The highest BCUT2D eigenvalue weighted by Crippen LogP contribution is 2.52. The molecule has 9 unspecified atom stereocenters. The Morgan fingerprint density at radius 3 is 2.48 bits per heavy atom. The zero-order chi connectivity index (χ0) is 33.2. The van der Waals surface area contributed by atoms with Crippen molar-refractivity contribution in [3.8, 4) is 17.2 Å². The third kappa shape index (κ3) is 5.49.